The Morgan fingerprint density at radius 3 is 2.39 bits per heavy atom. The molecule has 1 aromatic carbocycles. The summed E-state index contributed by atoms with van der Waals surface area (Å²) in [4.78, 5) is 23.7. The zero-order valence-corrected chi connectivity index (χ0v) is 14.4. The summed E-state index contributed by atoms with van der Waals surface area (Å²) < 4.78 is 27.0. The molecule has 0 aliphatic carbocycles. The number of benzene rings is 1. The van der Waals surface area contributed by atoms with E-state index in [0.717, 1.165) is 17.4 Å². The monoisotopic (exact) mass is 393 g/mol. The summed E-state index contributed by atoms with van der Waals surface area (Å²) in [6.45, 7) is -0.517. The van der Waals surface area contributed by atoms with Crippen LogP contribution < -0.4 is 5.14 Å². The molecule has 0 spiro atoms. The molecule has 0 amide bonds. The van der Waals surface area contributed by atoms with E-state index in [4.69, 9.17) is 33.1 Å². The smallest absolute Gasteiger partial charge is 0.339 e. The van der Waals surface area contributed by atoms with Crippen LogP contribution in [0.1, 0.15) is 20.7 Å². The first-order valence-corrected chi connectivity index (χ1v) is 9.13. The lowest BCUT2D eigenvalue weighted by atomic mass is 10.1. The fourth-order valence-electron chi connectivity index (χ4n) is 1.54. The van der Waals surface area contributed by atoms with Crippen molar-refractivity contribution in [2.75, 3.05) is 6.61 Å². The van der Waals surface area contributed by atoms with E-state index in [1.807, 2.05) is 0 Å². The molecule has 122 valence electrons. The Morgan fingerprint density at radius 2 is 1.83 bits per heavy atom. The van der Waals surface area contributed by atoms with Crippen LogP contribution in [0, 0.1) is 0 Å². The van der Waals surface area contributed by atoms with E-state index in [1.54, 1.807) is 0 Å². The van der Waals surface area contributed by atoms with Gasteiger partial charge in [-0.25, -0.2) is 18.4 Å². The van der Waals surface area contributed by atoms with Gasteiger partial charge in [-0.2, -0.15) is 0 Å². The molecule has 1 aromatic heterocycles. The van der Waals surface area contributed by atoms with Crippen LogP contribution in [-0.2, 0) is 14.8 Å². The number of carbonyl (C=O) groups is 2. The molecule has 0 aliphatic heterocycles. The Morgan fingerprint density at radius 1 is 1.13 bits per heavy atom. The Hall–Kier alpha value is -1.45. The Bertz CT molecular complexity index is 876. The number of carbonyl (C=O) groups excluding carboxylic acids is 2. The zero-order valence-electron chi connectivity index (χ0n) is 11.3. The van der Waals surface area contributed by atoms with Crippen molar-refractivity contribution in [3.63, 3.8) is 0 Å². The van der Waals surface area contributed by atoms with Crippen LogP contribution >= 0.6 is 34.5 Å². The van der Waals surface area contributed by atoms with Gasteiger partial charge in [0, 0.05) is 10.9 Å². The largest absolute Gasteiger partial charge is 0.454 e. The number of esters is 1. The second kappa shape index (κ2) is 6.98. The average molecular weight is 394 g/mol. The molecule has 0 fully saturated rings. The van der Waals surface area contributed by atoms with Crippen molar-refractivity contribution < 1.29 is 22.7 Å². The van der Waals surface area contributed by atoms with Crippen molar-refractivity contribution in [1.82, 2.24) is 0 Å². The molecule has 23 heavy (non-hydrogen) atoms. The van der Waals surface area contributed by atoms with E-state index < -0.39 is 28.4 Å². The lowest BCUT2D eigenvalue weighted by Gasteiger charge is -2.04. The highest BCUT2D eigenvalue weighted by Gasteiger charge is 2.17. The van der Waals surface area contributed by atoms with Gasteiger partial charge < -0.3 is 4.74 Å². The van der Waals surface area contributed by atoms with Gasteiger partial charge >= 0.3 is 5.97 Å². The second-order valence-electron chi connectivity index (χ2n) is 4.33. The summed E-state index contributed by atoms with van der Waals surface area (Å²) in [6.07, 6.45) is 0. The van der Waals surface area contributed by atoms with E-state index >= 15 is 0 Å². The summed E-state index contributed by atoms with van der Waals surface area (Å²) in [5, 5.41) is 6.74. The van der Waals surface area contributed by atoms with Gasteiger partial charge in [-0.1, -0.05) is 23.2 Å². The molecule has 0 saturated carbocycles. The summed E-state index contributed by atoms with van der Waals surface area (Å²) in [5.41, 5.74) is 0.240. The number of Topliss-reactive ketones (excluding diaryl/α,β-unsaturated/α-hetero) is 1. The van der Waals surface area contributed by atoms with E-state index in [-0.39, 0.29) is 20.4 Å². The minimum atomic E-state index is -3.88. The molecular weight excluding hydrogens is 385 g/mol. The fourth-order valence-corrected chi connectivity index (χ4v) is 3.41. The minimum Gasteiger partial charge on any atom is -0.454 e. The maximum Gasteiger partial charge on any atom is 0.339 e. The van der Waals surface area contributed by atoms with Gasteiger partial charge in [-0.05, 0) is 24.3 Å². The molecule has 0 saturated heterocycles. The molecule has 6 nitrogen and oxygen atoms in total. The quantitative estimate of drug-likeness (QED) is 0.620. The standard InChI is InChI=1S/C13H9Cl2NO5S2/c14-9-2-1-7(3-10(9)15)11(17)5-21-13(18)8-4-12(22-6-8)23(16,19)20/h1-4,6H,5H2,(H2,16,19,20). The van der Waals surface area contributed by atoms with Crippen molar-refractivity contribution in [3.05, 3.63) is 50.8 Å². The molecule has 2 aromatic rings. The van der Waals surface area contributed by atoms with Crippen LogP contribution in [0.25, 0.3) is 0 Å². The van der Waals surface area contributed by atoms with Crippen LogP contribution in [0.5, 0.6) is 0 Å². The van der Waals surface area contributed by atoms with E-state index in [2.05, 4.69) is 0 Å². The van der Waals surface area contributed by atoms with Gasteiger partial charge in [-0.3, -0.25) is 4.79 Å². The number of thiophene rings is 1. The van der Waals surface area contributed by atoms with Crippen LogP contribution in [0.4, 0.5) is 0 Å². The predicted molar refractivity (Wildman–Crippen MR) is 86.8 cm³/mol. The second-order valence-corrected chi connectivity index (χ2v) is 7.84. The highest BCUT2D eigenvalue weighted by Crippen LogP contribution is 2.23. The van der Waals surface area contributed by atoms with Gasteiger partial charge in [0.15, 0.2) is 12.4 Å². The summed E-state index contributed by atoms with van der Waals surface area (Å²) in [5.74, 6) is -1.30. The van der Waals surface area contributed by atoms with E-state index in [9.17, 15) is 18.0 Å². The lowest BCUT2D eigenvalue weighted by Crippen LogP contribution is -2.14. The zero-order chi connectivity index (χ0) is 17.2. The molecule has 2 rings (SSSR count). The van der Waals surface area contributed by atoms with Crippen molar-refractivity contribution in [3.8, 4) is 0 Å². The van der Waals surface area contributed by atoms with Crippen molar-refractivity contribution in [2.45, 2.75) is 4.21 Å². The Labute approximate surface area is 145 Å². The summed E-state index contributed by atoms with van der Waals surface area (Å²) >= 11 is 12.3. The Balaban J connectivity index is 2.02. The third kappa shape index (κ3) is 4.52. The molecule has 0 radical (unpaired) electrons. The number of ketones is 1. The normalized spacial score (nSPS) is 11.3. The lowest BCUT2D eigenvalue weighted by molar-refractivity contribution is 0.0475. The van der Waals surface area contributed by atoms with Gasteiger partial charge in [-0.15, -0.1) is 11.3 Å². The van der Waals surface area contributed by atoms with Crippen molar-refractivity contribution in [1.29, 1.82) is 0 Å². The predicted octanol–water partition coefficient (Wildman–Crippen LogP) is 2.74. The van der Waals surface area contributed by atoms with Crippen molar-refractivity contribution >= 4 is 56.3 Å². The SMILES string of the molecule is NS(=O)(=O)c1cc(C(=O)OCC(=O)c2ccc(Cl)c(Cl)c2)cs1. The highest BCUT2D eigenvalue weighted by atomic mass is 35.5. The summed E-state index contributed by atoms with van der Waals surface area (Å²) in [6, 6.07) is 5.36. The molecule has 0 bridgehead atoms. The molecule has 1 heterocycles. The maximum absolute atomic E-state index is 11.9. The molecule has 2 N–H and O–H groups in total. The number of halogens is 2. The number of ether oxygens (including phenoxy) is 1. The number of primary sulfonamides is 1. The maximum atomic E-state index is 11.9. The third-order valence-electron chi connectivity index (χ3n) is 2.67. The van der Waals surface area contributed by atoms with E-state index in [1.165, 1.54) is 23.6 Å². The number of sulfonamides is 1. The molecule has 10 heteroatoms. The number of hydrogen-bond donors (Lipinski definition) is 1. The van der Waals surface area contributed by atoms with Gasteiger partial charge in [0.2, 0.25) is 10.0 Å². The van der Waals surface area contributed by atoms with Crippen molar-refractivity contribution in [2.24, 2.45) is 5.14 Å². The number of hydrogen-bond acceptors (Lipinski definition) is 6. The average Bonchev–Trinajstić information content (AvgIpc) is 2.97. The van der Waals surface area contributed by atoms with Gasteiger partial charge in [0.25, 0.3) is 0 Å². The fraction of sp³-hybridized carbons (Fsp3) is 0.0769. The minimum absolute atomic E-state index is 0.000892. The third-order valence-corrected chi connectivity index (χ3v) is 5.79. The first-order valence-electron chi connectivity index (χ1n) is 5.95. The van der Waals surface area contributed by atoms with Crippen LogP contribution in [0.15, 0.2) is 33.9 Å². The van der Waals surface area contributed by atoms with Gasteiger partial charge in [0.05, 0.1) is 15.6 Å². The number of rotatable bonds is 5. The molecular formula is C13H9Cl2NO5S2. The first-order chi connectivity index (χ1) is 10.7. The van der Waals surface area contributed by atoms with Crippen LogP contribution in [0.3, 0.4) is 0 Å². The van der Waals surface area contributed by atoms with Crippen LogP contribution in [-0.4, -0.2) is 26.8 Å². The first kappa shape index (κ1) is 17.9. The van der Waals surface area contributed by atoms with Crippen LogP contribution in [0.2, 0.25) is 10.0 Å². The van der Waals surface area contributed by atoms with E-state index in [0.29, 0.717) is 5.02 Å². The topological polar surface area (TPSA) is 104 Å². The summed E-state index contributed by atoms with van der Waals surface area (Å²) in [7, 11) is -3.88. The Kier molecular flexibility index (Phi) is 5.43. The number of nitrogens with two attached hydrogens (primary N) is 1. The molecule has 0 aliphatic rings. The highest BCUT2D eigenvalue weighted by molar-refractivity contribution is 7.91. The van der Waals surface area contributed by atoms with Gasteiger partial charge in [0.1, 0.15) is 4.21 Å². The molecule has 0 unspecified atom stereocenters. The molecule has 0 atom stereocenters.